The van der Waals surface area contributed by atoms with Gasteiger partial charge in [0.25, 0.3) is 11.8 Å². The minimum atomic E-state index is -0.319. The molecule has 0 saturated heterocycles. The Morgan fingerprint density at radius 1 is 0.970 bits per heavy atom. The molecule has 6 nitrogen and oxygen atoms in total. The summed E-state index contributed by atoms with van der Waals surface area (Å²) >= 11 is 0. The van der Waals surface area contributed by atoms with Crippen LogP contribution in [0, 0.1) is 12.3 Å². The first-order valence-corrected chi connectivity index (χ1v) is 11.2. The maximum absolute atomic E-state index is 13.0. The van der Waals surface area contributed by atoms with E-state index in [0.29, 0.717) is 36.1 Å². The van der Waals surface area contributed by atoms with Gasteiger partial charge in [0.1, 0.15) is 5.76 Å². The molecule has 1 heterocycles. The first-order chi connectivity index (χ1) is 15.7. The SMILES string of the molecule is Cc1ccccc1N=C1CC(C)(C)CC(=O)/C1=C(\O)CCCN1C(=O)c2ccccc2C1=O. The van der Waals surface area contributed by atoms with Gasteiger partial charge < -0.3 is 5.11 Å². The van der Waals surface area contributed by atoms with Crippen molar-refractivity contribution >= 4 is 29.0 Å². The van der Waals surface area contributed by atoms with Crippen LogP contribution >= 0.6 is 0 Å². The van der Waals surface area contributed by atoms with Crippen LogP contribution in [0.4, 0.5) is 5.69 Å². The number of carbonyl (C=O) groups is 3. The van der Waals surface area contributed by atoms with E-state index in [1.165, 1.54) is 4.90 Å². The van der Waals surface area contributed by atoms with E-state index in [1.807, 2.05) is 45.0 Å². The Hall–Kier alpha value is -3.54. The fraction of sp³-hybridized carbons (Fsp3) is 0.333. The number of allylic oxidation sites excluding steroid dienone is 2. The molecule has 4 rings (SSSR count). The Balaban J connectivity index is 1.55. The number of rotatable bonds is 5. The Bertz CT molecular complexity index is 1170. The van der Waals surface area contributed by atoms with Crippen molar-refractivity contribution < 1.29 is 19.5 Å². The number of amides is 2. The molecule has 0 aromatic heterocycles. The minimum absolute atomic E-state index is 0.0283. The van der Waals surface area contributed by atoms with Crippen molar-refractivity contribution in [3.05, 3.63) is 76.6 Å². The first-order valence-electron chi connectivity index (χ1n) is 11.2. The van der Waals surface area contributed by atoms with Crippen LogP contribution in [0.25, 0.3) is 0 Å². The summed E-state index contributed by atoms with van der Waals surface area (Å²) in [6.45, 7) is 6.18. The zero-order chi connectivity index (χ0) is 23.8. The summed E-state index contributed by atoms with van der Waals surface area (Å²) in [7, 11) is 0. The van der Waals surface area contributed by atoms with Gasteiger partial charge in [0.15, 0.2) is 5.78 Å². The second-order valence-corrected chi connectivity index (χ2v) is 9.52. The number of fused-ring (bicyclic) bond motifs is 1. The van der Waals surface area contributed by atoms with Crippen LogP contribution in [0.2, 0.25) is 0 Å². The third-order valence-electron chi connectivity index (χ3n) is 6.19. The van der Waals surface area contributed by atoms with E-state index in [1.54, 1.807) is 24.3 Å². The van der Waals surface area contributed by atoms with Gasteiger partial charge in [-0.3, -0.25) is 24.3 Å². The summed E-state index contributed by atoms with van der Waals surface area (Å²) in [5.74, 6) is -0.795. The number of para-hydroxylation sites is 1. The normalized spacial score (nSPS) is 20.4. The number of aliphatic hydroxyl groups is 1. The first kappa shape index (κ1) is 22.6. The van der Waals surface area contributed by atoms with Crippen LogP contribution < -0.4 is 0 Å². The number of aliphatic hydroxyl groups excluding tert-OH is 1. The molecule has 1 saturated carbocycles. The molecule has 0 spiro atoms. The molecule has 1 N–H and O–H groups in total. The van der Waals surface area contributed by atoms with E-state index in [9.17, 15) is 19.5 Å². The van der Waals surface area contributed by atoms with Crippen LogP contribution in [0.15, 0.2) is 64.9 Å². The van der Waals surface area contributed by atoms with E-state index in [0.717, 1.165) is 11.3 Å². The summed E-state index contributed by atoms with van der Waals surface area (Å²) in [6.07, 6.45) is 1.44. The Morgan fingerprint density at radius 2 is 1.58 bits per heavy atom. The molecule has 2 amide bonds. The van der Waals surface area contributed by atoms with Crippen molar-refractivity contribution in [2.45, 2.75) is 46.5 Å². The molecule has 33 heavy (non-hydrogen) atoms. The average Bonchev–Trinajstić information content (AvgIpc) is 2.99. The number of aliphatic imine (C=N–C) groups is 1. The average molecular weight is 445 g/mol. The number of carbonyl (C=O) groups excluding carboxylic acids is 3. The zero-order valence-corrected chi connectivity index (χ0v) is 19.2. The highest BCUT2D eigenvalue weighted by molar-refractivity contribution is 6.25. The number of hydrogen-bond donors (Lipinski definition) is 1. The molecule has 0 atom stereocenters. The summed E-state index contributed by atoms with van der Waals surface area (Å²) < 4.78 is 0. The highest BCUT2D eigenvalue weighted by Gasteiger charge is 2.37. The lowest BCUT2D eigenvalue weighted by Crippen LogP contribution is -2.33. The van der Waals surface area contributed by atoms with Crippen LogP contribution in [-0.4, -0.2) is 39.9 Å². The van der Waals surface area contributed by atoms with Gasteiger partial charge in [0.2, 0.25) is 0 Å². The fourth-order valence-corrected chi connectivity index (χ4v) is 4.52. The van der Waals surface area contributed by atoms with Crippen LogP contribution in [0.1, 0.15) is 65.8 Å². The van der Waals surface area contributed by atoms with Crippen molar-refractivity contribution in [2.24, 2.45) is 10.4 Å². The highest BCUT2D eigenvalue weighted by Crippen LogP contribution is 2.37. The van der Waals surface area contributed by atoms with E-state index in [4.69, 9.17) is 4.99 Å². The molecular weight excluding hydrogens is 416 g/mol. The third kappa shape index (κ3) is 4.51. The van der Waals surface area contributed by atoms with E-state index in [-0.39, 0.29) is 47.3 Å². The second-order valence-electron chi connectivity index (χ2n) is 9.52. The van der Waals surface area contributed by atoms with E-state index < -0.39 is 0 Å². The van der Waals surface area contributed by atoms with Gasteiger partial charge in [0, 0.05) is 19.4 Å². The third-order valence-corrected chi connectivity index (χ3v) is 6.19. The number of hydrogen-bond acceptors (Lipinski definition) is 5. The monoisotopic (exact) mass is 444 g/mol. The molecule has 1 aliphatic carbocycles. The Morgan fingerprint density at radius 3 is 2.21 bits per heavy atom. The molecular formula is C27H28N2O4. The standard InChI is InChI=1S/C27H28N2O4/c1-17-9-4-7-12-20(17)28-21-15-27(2,3)16-23(31)24(21)22(30)13-8-14-29-25(32)18-10-5-6-11-19(18)26(29)33/h4-7,9-12,30H,8,13-16H2,1-3H3/b24-22-,28-21?. The summed E-state index contributed by atoms with van der Waals surface area (Å²) in [4.78, 5) is 44.1. The van der Waals surface area contributed by atoms with Gasteiger partial charge in [0.05, 0.1) is 28.1 Å². The molecule has 0 bridgehead atoms. The lowest BCUT2D eigenvalue weighted by atomic mass is 9.73. The van der Waals surface area contributed by atoms with E-state index in [2.05, 4.69) is 0 Å². The smallest absolute Gasteiger partial charge is 0.261 e. The fourth-order valence-electron chi connectivity index (χ4n) is 4.52. The van der Waals surface area contributed by atoms with Gasteiger partial charge >= 0.3 is 0 Å². The minimum Gasteiger partial charge on any atom is -0.511 e. The number of benzene rings is 2. The number of aryl methyl sites for hydroxylation is 1. The van der Waals surface area contributed by atoms with Crippen molar-refractivity contribution in [3.63, 3.8) is 0 Å². The van der Waals surface area contributed by atoms with Gasteiger partial charge in [-0.2, -0.15) is 0 Å². The molecule has 2 aromatic carbocycles. The number of imide groups is 1. The molecule has 1 aliphatic heterocycles. The van der Waals surface area contributed by atoms with E-state index >= 15 is 0 Å². The van der Waals surface area contributed by atoms with Crippen LogP contribution in [0.3, 0.4) is 0 Å². The quantitative estimate of drug-likeness (QED) is 0.383. The maximum atomic E-state index is 13.0. The highest BCUT2D eigenvalue weighted by atomic mass is 16.3. The lowest BCUT2D eigenvalue weighted by molar-refractivity contribution is -0.117. The zero-order valence-electron chi connectivity index (χ0n) is 19.2. The van der Waals surface area contributed by atoms with Crippen molar-refractivity contribution in [1.29, 1.82) is 0 Å². The van der Waals surface area contributed by atoms with Gasteiger partial charge in [-0.15, -0.1) is 0 Å². The number of nitrogens with zero attached hydrogens (tertiary/aromatic N) is 2. The molecule has 0 unspecified atom stereocenters. The maximum Gasteiger partial charge on any atom is 0.261 e. The largest absolute Gasteiger partial charge is 0.511 e. The summed E-state index contributed by atoms with van der Waals surface area (Å²) in [5.41, 5.74) is 3.19. The molecule has 0 radical (unpaired) electrons. The predicted octanol–water partition coefficient (Wildman–Crippen LogP) is 5.35. The topological polar surface area (TPSA) is 87.0 Å². The van der Waals surface area contributed by atoms with Gasteiger partial charge in [-0.05, 0) is 48.9 Å². The van der Waals surface area contributed by atoms with Crippen LogP contribution in [-0.2, 0) is 4.79 Å². The summed E-state index contributed by atoms with van der Waals surface area (Å²) in [6, 6.07) is 14.4. The van der Waals surface area contributed by atoms with Gasteiger partial charge in [-0.1, -0.05) is 44.2 Å². The molecule has 170 valence electrons. The van der Waals surface area contributed by atoms with Crippen molar-refractivity contribution in [1.82, 2.24) is 4.90 Å². The predicted molar refractivity (Wildman–Crippen MR) is 127 cm³/mol. The Labute approximate surface area is 193 Å². The molecule has 2 aromatic rings. The van der Waals surface area contributed by atoms with Gasteiger partial charge in [-0.25, -0.2) is 0 Å². The number of Topliss-reactive ketones (excluding diaryl/α,β-unsaturated/α-hetero) is 1. The van der Waals surface area contributed by atoms with Crippen molar-refractivity contribution in [2.75, 3.05) is 6.54 Å². The molecule has 2 aliphatic rings. The molecule has 6 heteroatoms. The second kappa shape index (κ2) is 8.77. The number of ketones is 1. The van der Waals surface area contributed by atoms with Crippen LogP contribution in [0.5, 0.6) is 0 Å². The molecule has 1 fully saturated rings. The van der Waals surface area contributed by atoms with Crippen molar-refractivity contribution in [3.8, 4) is 0 Å². The Kier molecular flexibility index (Phi) is 6.02. The lowest BCUT2D eigenvalue weighted by Gasteiger charge is -2.31. The summed E-state index contributed by atoms with van der Waals surface area (Å²) in [5, 5.41) is 10.9.